The molecule has 0 aliphatic carbocycles. The molecule has 0 spiro atoms. The van der Waals surface area contributed by atoms with Gasteiger partial charge in [-0.3, -0.25) is 4.90 Å². The summed E-state index contributed by atoms with van der Waals surface area (Å²) in [6.07, 6.45) is 6.05. The van der Waals surface area contributed by atoms with E-state index >= 15 is 0 Å². The summed E-state index contributed by atoms with van der Waals surface area (Å²) < 4.78 is 2.27. The Morgan fingerprint density at radius 1 is 1.12 bits per heavy atom. The number of hydrogen-bond donors (Lipinski definition) is 2. The van der Waals surface area contributed by atoms with Gasteiger partial charge in [0.1, 0.15) is 0 Å². The molecule has 1 aromatic heterocycles. The number of rotatable bonds is 12. The molecule has 0 aliphatic rings. The van der Waals surface area contributed by atoms with Gasteiger partial charge in [0.25, 0.3) is 0 Å². The molecule has 1 aromatic carbocycles. The van der Waals surface area contributed by atoms with Gasteiger partial charge in [0.05, 0.1) is 25.2 Å². The smallest absolute Gasteiger partial charge is 0.0956 e. The van der Waals surface area contributed by atoms with Gasteiger partial charge < -0.3 is 14.8 Å². The van der Waals surface area contributed by atoms with Crippen LogP contribution in [0.25, 0.3) is 11.3 Å². The fraction of sp³-hybridized carbons (Fsp3) is 0.550. The van der Waals surface area contributed by atoms with Crippen LogP contribution >= 0.6 is 11.8 Å². The molecule has 1 heterocycles. The van der Waals surface area contributed by atoms with E-state index in [0.717, 1.165) is 37.2 Å². The van der Waals surface area contributed by atoms with E-state index in [9.17, 15) is 0 Å². The van der Waals surface area contributed by atoms with Gasteiger partial charge in [0.15, 0.2) is 0 Å². The average molecular weight is 378 g/mol. The van der Waals surface area contributed by atoms with E-state index in [0.29, 0.717) is 18.3 Å². The summed E-state index contributed by atoms with van der Waals surface area (Å²) in [5.74, 6) is 0. The number of nitrogens with zero attached hydrogens (tertiary/aromatic N) is 3. The molecule has 2 N–H and O–H groups in total. The van der Waals surface area contributed by atoms with Crippen LogP contribution in [0.5, 0.6) is 0 Å². The standard InChI is InChI=1S/C20H31N3O2S/c1-17(26-2)15-19-20(18-7-4-3-5-8-18)21-16-23(19)10-6-9-22(11-13-24)12-14-25/h3-5,7-8,16-17,24-25H,6,9-15H2,1-2H3/t17-/m0/s1. The topological polar surface area (TPSA) is 61.5 Å². The molecule has 6 heteroatoms. The zero-order valence-electron chi connectivity index (χ0n) is 15.8. The Morgan fingerprint density at radius 3 is 2.42 bits per heavy atom. The lowest BCUT2D eigenvalue weighted by molar-refractivity contribution is 0.158. The minimum atomic E-state index is 0.125. The average Bonchev–Trinajstić information content (AvgIpc) is 3.05. The van der Waals surface area contributed by atoms with E-state index in [1.54, 1.807) is 0 Å². The highest BCUT2D eigenvalue weighted by atomic mass is 32.2. The number of aromatic nitrogens is 2. The SMILES string of the molecule is CS[C@@H](C)Cc1c(-c2ccccc2)ncn1CCCN(CCO)CCO. The van der Waals surface area contributed by atoms with Gasteiger partial charge in [-0.1, -0.05) is 37.3 Å². The summed E-state index contributed by atoms with van der Waals surface area (Å²) in [5, 5.41) is 18.8. The molecule has 2 rings (SSSR count). The highest BCUT2D eigenvalue weighted by Gasteiger charge is 2.15. The number of aliphatic hydroxyl groups is 2. The zero-order valence-corrected chi connectivity index (χ0v) is 16.7. The molecule has 26 heavy (non-hydrogen) atoms. The lowest BCUT2D eigenvalue weighted by Crippen LogP contribution is -2.31. The van der Waals surface area contributed by atoms with Crippen LogP contribution in [-0.4, -0.2) is 69.0 Å². The predicted octanol–water partition coefficient (Wildman–Crippen LogP) is 2.52. The molecule has 0 unspecified atom stereocenters. The first-order valence-electron chi connectivity index (χ1n) is 9.25. The van der Waals surface area contributed by atoms with Crippen LogP contribution in [0.2, 0.25) is 0 Å². The van der Waals surface area contributed by atoms with Crippen molar-refractivity contribution in [1.29, 1.82) is 0 Å². The minimum Gasteiger partial charge on any atom is -0.395 e. The molecule has 1 atom stereocenters. The first-order chi connectivity index (χ1) is 12.7. The summed E-state index contributed by atoms with van der Waals surface area (Å²) >= 11 is 1.87. The van der Waals surface area contributed by atoms with Gasteiger partial charge in [-0.2, -0.15) is 11.8 Å². The van der Waals surface area contributed by atoms with Crippen LogP contribution in [0, 0.1) is 0 Å². The normalized spacial score (nSPS) is 12.7. The quantitative estimate of drug-likeness (QED) is 0.595. The second kappa shape index (κ2) is 11.4. The lowest BCUT2D eigenvalue weighted by Gasteiger charge is -2.20. The van der Waals surface area contributed by atoms with E-state index in [4.69, 9.17) is 15.2 Å². The summed E-state index contributed by atoms with van der Waals surface area (Å²) in [4.78, 5) is 6.80. The van der Waals surface area contributed by atoms with Crippen LogP contribution in [-0.2, 0) is 13.0 Å². The van der Waals surface area contributed by atoms with Gasteiger partial charge in [0, 0.05) is 49.1 Å². The van der Waals surface area contributed by atoms with Crippen LogP contribution < -0.4 is 0 Å². The number of aliphatic hydroxyl groups excluding tert-OH is 2. The molecule has 0 amide bonds. The van der Waals surface area contributed by atoms with Crippen molar-refractivity contribution in [2.45, 2.75) is 31.6 Å². The Bertz CT molecular complexity index is 627. The van der Waals surface area contributed by atoms with Gasteiger partial charge in [-0.25, -0.2) is 4.98 Å². The van der Waals surface area contributed by atoms with Gasteiger partial charge in [-0.15, -0.1) is 0 Å². The zero-order chi connectivity index (χ0) is 18.8. The van der Waals surface area contributed by atoms with Crippen molar-refractivity contribution in [3.63, 3.8) is 0 Å². The number of benzene rings is 1. The maximum Gasteiger partial charge on any atom is 0.0956 e. The van der Waals surface area contributed by atoms with Crippen LogP contribution in [0.1, 0.15) is 19.0 Å². The Hall–Kier alpha value is -1.34. The van der Waals surface area contributed by atoms with Crippen molar-refractivity contribution in [1.82, 2.24) is 14.5 Å². The molecule has 0 aliphatic heterocycles. The Kier molecular flexibility index (Phi) is 9.18. The molecule has 144 valence electrons. The molecular weight excluding hydrogens is 346 g/mol. The number of aryl methyl sites for hydroxylation is 1. The predicted molar refractivity (Wildman–Crippen MR) is 110 cm³/mol. The van der Waals surface area contributed by atoms with Crippen molar-refractivity contribution in [2.24, 2.45) is 0 Å². The number of hydrogen-bond acceptors (Lipinski definition) is 5. The fourth-order valence-corrected chi connectivity index (χ4v) is 3.41. The molecule has 0 radical (unpaired) electrons. The lowest BCUT2D eigenvalue weighted by atomic mass is 10.1. The summed E-state index contributed by atoms with van der Waals surface area (Å²) in [5.41, 5.74) is 3.53. The maximum absolute atomic E-state index is 9.14. The second-order valence-electron chi connectivity index (χ2n) is 6.49. The molecular formula is C20H31N3O2S. The third kappa shape index (κ3) is 6.13. The fourth-order valence-electron chi connectivity index (χ4n) is 3.09. The maximum atomic E-state index is 9.14. The largest absolute Gasteiger partial charge is 0.395 e. The summed E-state index contributed by atoms with van der Waals surface area (Å²) in [6.45, 7) is 5.47. The Labute approximate surface area is 161 Å². The molecule has 0 saturated carbocycles. The van der Waals surface area contributed by atoms with E-state index in [-0.39, 0.29) is 13.2 Å². The third-order valence-electron chi connectivity index (χ3n) is 4.58. The molecule has 0 saturated heterocycles. The van der Waals surface area contributed by atoms with Crippen molar-refractivity contribution in [2.75, 3.05) is 39.1 Å². The summed E-state index contributed by atoms with van der Waals surface area (Å²) in [6, 6.07) is 10.4. The van der Waals surface area contributed by atoms with Crippen LogP contribution in [0.3, 0.4) is 0 Å². The minimum absolute atomic E-state index is 0.125. The van der Waals surface area contributed by atoms with Gasteiger partial charge in [0.2, 0.25) is 0 Å². The van der Waals surface area contributed by atoms with Crippen molar-refractivity contribution < 1.29 is 10.2 Å². The van der Waals surface area contributed by atoms with Crippen LogP contribution in [0.4, 0.5) is 0 Å². The molecule has 2 aromatic rings. The Balaban J connectivity index is 2.10. The van der Waals surface area contributed by atoms with Crippen LogP contribution in [0.15, 0.2) is 36.7 Å². The van der Waals surface area contributed by atoms with E-state index < -0.39 is 0 Å². The Morgan fingerprint density at radius 2 is 1.81 bits per heavy atom. The molecule has 0 fully saturated rings. The highest BCUT2D eigenvalue weighted by molar-refractivity contribution is 7.99. The molecule has 5 nitrogen and oxygen atoms in total. The highest BCUT2D eigenvalue weighted by Crippen LogP contribution is 2.25. The van der Waals surface area contributed by atoms with Gasteiger partial charge >= 0.3 is 0 Å². The third-order valence-corrected chi connectivity index (χ3v) is 5.55. The molecule has 0 bridgehead atoms. The van der Waals surface area contributed by atoms with Gasteiger partial charge in [-0.05, 0) is 12.7 Å². The monoisotopic (exact) mass is 377 g/mol. The van der Waals surface area contributed by atoms with Crippen molar-refractivity contribution in [3.8, 4) is 11.3 Å². The second-order valence-corrected chi connectivity index (χ2v) is 7.77. The van der Waals surface area contributed by atoms with E-state index in [1.807, 2.05) is 24.2 Å². The first kappa shape index (κ1) is 21.0. The van der Waals surface area contributed by atoms with E-state index in [2.05, 4.69) is 46.9 Å². The first-order valence-corrected chi connectivity index (χ1v) is 10.5. The summed E-state index contributed by atoms with van der Waals surface area (Å²) in [7, 11) is 0. The van der Waals surface area contributed by atoms with Crippen molar-refractivity contribution >= 4 is 11.8 Å². The number of imidazole rings is 1. The number of thioether (sulfide) groups is 1. The van der Waals surface area contributed by atoms with E-state index in [1.165, 1.54) is 5.69 Å². The van der Waals surface area contributed by atoms with Crippen molar-refractivity contribution in [3.05, 3.63) is 42.4 Å².